The van der Waals surface area contributed by atoms with E-state index in [1.54, 1.807) is 31.2 Å². The van der Waals surface area contributed by atoms with Crippen molar-refractivity contribution in [2.45, 2.75) is 27.5 Å². The fraction of sp³-hybridized carbons (Fsp3) is 0.167. The number of aromatic nitrogens is 1. The molecule has 1 aromatic heterocycles. The SMILES string of the molecule is CCCS(=O)(=O)c1sc(-c2ccccc2)nc1S(=O)(=O)c1ccc(Cl)cc1. The van der Waals surface area contributed by atoms with Gasteiger partial charge in [-0.15, -0.1) is 11.3 Å². The lowest BCUT2D eigenvalue weighted by Gasteiger charge is -2.05. The first-order chi connectivity index (χ1) is 12.8. The molecule has 0 saturated carbocycles. The second-order valence-electron chi connectivity index (χ2n) is 5.75. The molecule has 0 aliphatic carbocycles. The largest absolute Gasteiger partial charge is 0.226 e. The van der Waals surface area contributed by atoms with E-state index in [-0.39, 0.29) is 14.9 Å². The molecular formula is C18H16ClNO4S3. The summed E-state index contributed by atoms with van der Waals surface area (Å²) in [6.45, 7) is 1.73. The van der Waals surface area contributed by atoms with E-state index < -0.39 is 24.7 Å². The van der Waals surface area contributed by atoms with Crippen LogP contribution in [0.15, 0.2) is 68.7 Å². The van der Waals surface area contributed by atoms with E-state index in [4.69, 9.17) is 11.6 Å². The number of halogens is 1. The summed E-state index contributed by atoms with van der Waals surface area (Å²) in [6, 6.07) is 14.5. The first-order valence-corrected chi connectivity index (χ1v) is 12.4. The van der Waals surface area contributed by atoms with Crippen molar-refractivity contribution < 1.29 is 16.8 Å². The molecule has 0 unspecified atom stereocenters. The molecule has 2 aromatic carbocycles. The van der Waals surface area contributed by atoms with Crippen LogP contribution in [0.1, 0.15) is 13.3 Å². The zero-order valence-corrected chi connectivity index (χ0v) is 17.5. The van der Waals surface area contributed by atoms with Crippen LogP contribution in [-0.4, -0.2) is 27.6 Å². The highest BCUT2D eigenvalue weighted by Crippen LogP contribution is 2.37. The Labute approximate surface area is 167 Å². The van der Waals surface area contributed by atoms with Crippen molar-refractivity contribution in [2.24, 2.45) is 0 Å². The average Bonchev–Trinajstić information content (AvgIpc) is 3.10. The average molecular weight is 442 g/mol. The van der Waals surface area contributed by atoms with Gasteiger partial charge in [0, 0.05) is 10.6 Å². The number of sulfone groups is 2. The van der Waals surface area contributed by atoms with E-state index in [0.29, 0.717) is 22.0 Å². The molecule has 0 spiro atoms. The van der Waals surface area contributed by atoms with Crippen LogP contribution in [-0.2, 0) is 19.7 Å². The Hall–Kier alpha value is -1.74. The van der Waals surface area contributed by atoms with Crippen LogP contribution in [0.5, 0.6) is 0 Å². The first kappa shape index (κ1) is 20.0. The van der Waals surface area contributed by atoms with Gasteiger partial charge in [-0.25, -0.2) is 21.8 Å². The minimum Gasteiger partial charge on any atom is -0.223 e. The highest BCUT2D eigenvalue weighted by Gasteiger charge is 2.33. The number of nitrogens with zero attached hydrogens (tertiary/aromatic N) is 1. The third-order valence-corrected chi connectivity index (χ3v) is 9.54. The van der Waals surface area contributed by atoms with Crippen molar-refractivity contribution in [3.8, 4) is 10.6 Å². The Morgan fingerprint density at radius 3 is 2.19 bits per heavy atom. The number of benzene rings is 2. The van der Waals surface area contributed by atoms with Gasteiger partial charge in [-0.05, 0) is 30.7 Å². The Bertz CT molecular complexity index is 1150. The molecule has 0 fully saturated rings. The standard InChI is InChI=1S/C18H16ClNO4S3/c1-2-12-26(21,22)18-17(20-16(25-18)13-6-4-3-5-7-13)27(23,24)15-10-8-14(19)9-11-15/h3-11H,2,12H2,1H3. The van der Waals surface area contributed by atoms with E-state index in [0.717, 1.165) is 11.3 Å². The van der Waals surface area contributed by atoms with Crippen LogP contribution in [0.25, 0.3) is 10.6 Å². The fourth-order valence-corrected chi connectivity index (χ4v) is 7.67. The molecule has 5 nitrogen and oxygen atoms in total. The van der Waals surface area contributed by atoms with Gasteiger partial charge in [0.15, 0.2) is 19.1 Å². The van der Waals surface area contributed by atoms with E-state index >= 15 is 0 Å². The summed E-state index contributed by atoms with van der Waals surface area (Å²) in [5, 5.41) is 0.302. The Balaban J connectivity index is 2.24. The van der Waals surface area contributed by atoms with Gasteiger partial charge in [0.25, 0.3) is 0 Å². The molecule has 1 heterocycles. The lowest BCUT2D eigenvalue weighted by atomic mass is 10.2. The van der Waals surface area contributed by atoms with Gasteiger partial charge in [-0.1, -0.05) is 48.9 Å². The first-order valence-electron chi connectivity index (χ1n) is 8.05. The Morgan fingerprint density at radius 1 is 0.963 bits per heavy atom. The molecule has 0 aliphatic heterocycles. The highest BCUT2D eigenvalue weighted by molar-refractivity contribution is 7.96. The van der Waals surface area contributed by atoms with Crippen LogP contribution in [0.4, 0.5) is 0 Å². The molecule has 0 radical (unpaired) electrons. The molecule has 0 saturated heterocycles. The second kappa shape index (κ2) is 7.71. The molecule has 3 rings (SSSR count). The van der Waals surface area contributed by atoms with Crippen LogP contribution in [0.3, 0.4) is 0 Å². The number of rotatable bonds is 6. The zero-order valence-electron chi connectivity index (χ0n) is 14.3. The number of thiazole rings is 1. The maximum absolute atomic E-state index is 13.1. The predicted octanol–water partition coefficient (Wildman–Crippen LogP) is 4.48. The molecule has 0 amide bonds. The van der Waals surface area contributed by atoms with Crippen molar-refractivity contribution in [3.63, 3.8) is 0 Å². The molecule has 9 heteroatoms. The van der Waals surface area contributed by atoms with Crippen molar-refractivity contribution in [1.82, 2.24) is 4.98 Å². The molecular weight excluding hydrogens is 426 g/mol. The van der Waals surface area contributed by atoms with Crippen molar-refractivity contribution in [3.05, 3.63) is 59.6 Å². The monoisotopic (exact) mass is 441 g/mol. The Kier molecular flexibility index (Phi) is 5.71. The number of hydrogen-bond acceptors (Lipinski definition) is 6. The van der Waals surface area contributed by atoms with E-state index in [1.165, 1.54) is 24.3 Å². The lowest BCUT2D eigenvalue weighted by Crippen LogP contribution is -2.11. The van der Waals surface area contributed by atoms with Crippen molar-refractivity contribution in [1.29, 1.82) is 0 Å². The number of hydrogen-bond donors (Lipinski definition) is 0. The summed E-state index contributed by atoms with van der Waals surface area (Å²) >= 11 is 6.71. The van der Waals surface area contributed by atoms with Gasteiger partial charge < -0.3 is 0 Å². The van der Waals surface area contributed by atoms with E-state index in [9.17, 15) is 16.8 Å². The fourth-order valence-electron chi connectivity index (χ4n) is 2.45. The van der Waals surface area contributed by atoms with Gasteiger partial charge in [0.2, 0.25) is 9.84 Å². The summed E-state index contributed by atoms with van der Waals surface area (Å²) in [6.07, 6.45) is 0.376. The topological polar surface area (TPSA) is 81.2 Å². The van der Waals surface area contributed by atoms with Gasteiger partial charge in [0.05, 0.1) is 10.6 Å². The summed E-state index contributed by atoms with van der Waals surface area (Å²) in [7, 11) is -7.89. The molecule has 0 N–H and O–H groups in total. The smallest absolute Gasteiger partial charge is 0.223 e. The minimum atomic E-state index is -4.11. The van der Waals surface area contributed by atoms with E-state index in [2.05, 4.69) is 4.98 Å². The van der Waals surface area contributed by atoms with Crippen LogP contribution >= 0.6 is 22.9 Å². The highest BCUT2D eigenvalue weighted by atomic mass is 35.5. The summed E-state index contributed by atoms with van der Waals surface area (Å²) in [4.78, 5) is 4.17. The van der Waals surface area contributed by atoms with Gasteiger partial charge in [-0.2, -0.15) is 0 Å². The summed E-state index contributed by atoms with van der Waals surface area (Å²) < 4.78 is 51.4. The van der Waals surface area contributed by atoms with Crippen molar-refractivity contribution >= 4 is 42.6 Å². The zero-order chi connectivity index (χ0) is 19.7. The van der Waals surface area contributed by atoms with Crippen LogP contribution < -0.4 is 0 Å². The van der Waals surface area contributed by atoms with E-state index in [1.807, 2.05) is 6.07 Å². The molecule has 0 bridgehead atoms. The Morgan fingerprint density at radius 2 is 1.59 bits per heavy atom. The summed E-state index contributed by atoms with van der Waals surface area (Å²) in [5.41, 5.74) is 0.660. The molecule has 3 aromatic rings. The third-order valence-electron chi connectivity index (χ3n) is 3.72. The molecule has 0 aliphatic rings. The van der Waals surface area contributed by atoms with Crippen LogP contribution in [0.2, 0.25) is 5.02 Å². The molecule has 27 heavy (non-hydrogen) atoms. The maximum Gasteiger partial charge on any atom is 0.226 e. The third kappa shape index (κ3) is 4.08. The summed E-state index contributed by atoms with van der Waals surface area (Å²) in [5.74, 6) is -0.146. The predicted molar refractivity (Wildman–Crippen MR) is 107 cm³/mol. The quantitative estimate of drug-likeness (QED) is 0.563. The lowest BCUT2D eigenvalue weighted by molar-refractivity contribution is 0.581. The van der Waals surface area contributed by atoms with Gasteiger partial charge in [0.1, 0.15) is 5.01 Å². The maximum atomic E-state index is 13.1. The molecule has 142 valence electrons. The van der Waals surface area contributed by atoms with Gasteiger partial charge >= 0.3 is 0 Å². The molecule has 0 atom stereocenters. The van der Waals surface area contributed by atoms with Crippen LogP contribution in [0, 0.1) is 0 Å². The van der Waals surface area contributed by atoms with Gasteiger partial charge in [-0.3, -0.25) is 0 Å². The second-order valence-corrected chi connectivity index (χ2v) is 11.4. The normalized spacial score (nSPS) is 12.2. The van der Waals surface area contributed by atoms with Crippen molar-refractivity contribution in [2.75, 3.05) is 5.75 Å². The minimum absolute atomic E-state index is 0.0511.